The number of ether oxygens (including phenoxy) is 2. The molecular weight excluding hydrogens is 506 g/mol. The lowest BCUT2D eigenvalue weighted by Gasteiger charge is -2.11. The number of esters is 1. The fourth-order valence-electron chi connectivity index (χ4n) is 3.62. The van der Waals surface area contributed by atoms with Gasteiger partial charge in [-0.3, -0.25) is 9.59 Å². The van der Waals surface area contributed by atoms with E-state index in [-0.39, 0.29) is 22.9 Å². The highest BCUT2D eigenvalue weighted by Gasteiger charge is 2.14. The molecule has 0 aliphatic carbocycles. The van der Waals surface area contributed by atoms with E-state index in [0.717, 1.165) is 10.8 Å². The van der Waals surface area contributed by atoms with E-state index in [2.05, 4.69) is 15.8 Å². The van der Waals surface area contributed by atoms with Gasteiger partial charge in [0.1, 0.15) is 11.5 Å². The van der Waals surface area contributed by atoms with Crippen LogP contribution in [0.15, 0.2) is 90.0 Å². The van der Waals surface area contributed by atoms with Crippen LogP contribution in [-0.2, 0) is 4.79 Å². The molecule has 2 N–H and O–H groups in total. The summed E-state index contributed by atoms with van der Waals surface area (Å²) in [4.78, 5) is 37.3. The third kappa shape index (κ3) is 6.54. The average Bonchev–Trinajstić information content (AvgIpc) is 2.93. The first kappa shape index (κ1) is 26.4. The molecule has 0 fully saturated rings. The maximum Gasteiger partial charge on any atom is 0.343 e. The van der Waals surface area contributed by atoms with E-state index in [1.807, 2.05) is 37.3 Å². The molecule has 0 heterocycles. The minimum Gasteiger partial charge on any atom is -0.494 e. The molecule has 0 unspecified atom stereocenters. The summed E-state index contributed by atoms with van der Waals surface area (Å²) in [6, 6.07) is 24.2. The second-order valence-corrected chi connectivity index (χ2v) is 8.41. The van der Waals surface area contributed by atoms with Crippen LogP contribution in [0.1, 0.15) is 33.2 Å². The van der Waals surface area contributed by atoms with Gasteiger partial charge in [-0.15, -0.1) is 0 Å². The first-order chi connectivity index (χ1) is 18.5. The summed E-state index contributed by atoms with van der Waals surface area (Å²) in [7, 11) is 0. The number of carbonyl (C=O) groups excluding carboxylic acids is 3. The van der Waals surface area contributed by atoms with Crippen LogP contribution in [0.5, 0.6) is 11.5 Å². The molecule has 4 rings (SSSR count). The lowest BCUT2D eigenvalue weighted by Crippen LogP contribution is -2.35. The van der Waals surface area contributed by atoms with Gasteiger partial charge in [-0.1, -0.05) is 54.1 Å². The fourth-order valence-corrected chi connectivity index (χ4v) is 3.84. The van der Waals surface area contributed by atoms with Crippen molar-refractivity contribution < 1.29 is 23.9 Å². The molecule has 38 heavy (non-hydrogen) atoms. The van der Waals surface area contributed by atoms with Gasteiger partial charge in [0, 0.05) is 5.56 Å². The minimum absolute atomic E-state index is 0.264. The van der Waals surface area contributed by atoms with Gasteiger partial charge in [-0.25, -0.2) is 10.2 Å². The van der Waals surface area contributed by atoms with Crippen LogP contribution in [-0.4, -0.2) is 37.1 Å². The number of nitrogens with one attached hydrogen (secondary N) is 2. The standard InChI is InChI=1S/C29H24ClN3O5/c1-2-37-21-14-11-20(12-15-21)29(36)38-26-16-13-19-7-3-4-8-22(19)24(26)17-32-33-27(34)18-31-28(35)23-9-5-6-10-25(23)30/h3-17H,2,18H2,1H3,(H,31,35)(H,33,34)/b32-17-. The number of amides is 2. The molecule has 4 aromatic carbocycles. The third-order valence-electron chi connectivity index (χ3n) is 5.45. The molecule has 0 saturated carbocycles. The minimum atomic E-state index is -0.552. The number of nitrogens with zero attached hydrogens (tertiary/aromatic N) is 1. The molecule has 0 aromatic heterocycles. The lowest BCUT2D eigenvalue weighted by molar-refractivity contribution is -0.120. The molecule has 0 radical (unpaired) electrons. The third-order valence-corrected chi connectivity index (χ3v) is 5.77. The zero-order valence-corrected chi connectivity index (χ0v) is 21.2. The van der Waals surface area contributed by atoms with Gasteiger partial charge in [0.25, 0.3) is 11.8 Å². The van der Waals surface area contributed by atoms with Crippen molar-refractivity contribution in [1.29, 1.82) is 0 Å². The average molecular weight is 530 g/mol. The molecule has 2 amide bonds. The van der Waals surface area contributed by atoms with Crippen molar-refractivity contribution in [2.45, 2.75) is 6.92 Å². The Morgan fingerprint density at radius 2 is 1.66 bits per heavy atom. The van der Waals surface area contributed by atoms with Crippen LogP contribution in [0.2, 0.25) is 5.02 Å². The molecule has 9 heteroatoms. The maximum atomic E-state index is 12.8. The highest BCUT2D eigenvalue weighted by atomic mass is 35.5. The summed E-state index contributed by atoms with van der Waals surface area (Å²) >= 11 is 6.02. The normalized spacial score (nSPS) is 10.8. The smallest absolute Gasteiger partial charge is 0.343 e. The van der Waals surface area contributed by atoms with Gasteiger partial charge < -0.3 is 14.8 Å². The number of hydrazone groups is 1. The quantitative estimate of drug-likeness (QED) is 0.137. The van der Waals surface area contributed by atoms with Crippen LogP contribution < -0.4 is 20.2 Å². The number of rotatable bonds is 9. The monoisotopic (exact) mass is 529 g/mol. The Morgan fingerprint density at radius 3 is 2.42 bits per heavy atom. The van der Waals surface area contributed by atoms with Gasteiger partial charge >= 0.3 is 5.97 Å². The SMILES string of the molecule is CCOc1ccc(C(=O)Oc2ccc3ccccc3c2/C=N\NC(=O)CNC(=O)c2ccccc2Cl)cc1. The maximum absolute atomic E-state index is 12.8. The summed E-state index contributed by atoms with van der Waals surface area (Å²) < 4.78 is 11.1. The van der Waals surface area contributed by atoms with Crippen molar-refractivity contribution in [2.75, 3.05) is 13.2 Å². The number of hydrogen-bond acceptors (Lipinski definition) is 6. The molecule has 8 nitrogen and oxygen atoms in total. The first-order valence-electron chi connectivity index (χ1n) is 11.8. The van der Waals surface area contributed by atoms with Crippen LogP contribution in [0.4, 0.5) is 0 Å². The predicted octanol–water partition coefficient (Wildman–Crippen LogP) is 4.99. The number of carbonyl (C=O) groups is 3. The molecule has 0 aliphatic rings. The van der Waals surface area contributed by atoms with Crippen molar-refractivity contribution in [1.82, 2.24) is 10.7 Å². The van der Waals surface area contributed by atoms with Gasteiger partial charge in [-0.05, 0) is 60.2 Å². The van der Waals surface area contributed by atoms with Crippen molar-refractivity contribution in [3.63, 3.8) is 0 Å². The van der Waals surface area contributed by atoms with E-state index in [1.165, 1.54) is 6.21 Å². The molecule has 0 spiro atoms. The summed E-state index contributed by atoms with van der Waals surface area (Å²) in [5.74, 6) is -0.652. The first-order valence-corrected chi connectivity index (χ1v) is 12.2. The fraction of sp³-hybridized carbons (Fsp3) is 0.103. The summed E-state index contributed by atoms with van der Waals surface area (Å²) in [6.07, 6.45) is 1.40. The Hall–Kier alpha value is -4.69. The van der Waals surface area contributed by atoms with Crippen LogP contribution >= 0.6 is 11.6 Å². The second-order valence-electron chi connectivity index (χ2n) is 8.00. The Labute approximate surface area is 224 Å². The molecule has 0 atom stereocenters. The lowest BCUT2D eigenvalue weighted by atomic mass is 10.0. The number of halogens is 1. The van der Waals surface area contributed by atoms with E-state index in [0.29, 0.717) is 23.5 Å². The number of hydrogen-bond donors (Lipinski definition) is 2. The zero-order chi connectivity index (χ0) is 26.9. The highest BCUT2D eigenvalue weighted by Crippen LogP contribution is 2.27. The van der Waals surface area contributed by atoms with Crippen molar-refractivity contribution in [2.24, 2.45) is 5.10 Å². The molecule has 0 aliphatic heterocycles. The van der Waals surface area contributed by atoms with E-state index in [9.17, 15) is 14.4 Å². The predicted molar refractivity (Wildman–Crippen MR) is 146 cm³/mol. The van der Waals surface area contributed by atoms with Gasteiger partial charge in [0.15, 0.2) is 0 Å². The summed E-state index contributed by atoms with van der Waals surface area (Å²) in [6.45, 7) is 2.09. The molecular formula is C29H24ClN3O5. The molecule has 0 bridgehead atoms. The Bertz CT molecular complexity index is 1500. The second kappa shape index (κ2) is 12.5. The van der Waals surface area contributed by atoms with Gasteiger partial charge in [0.2, 0.25) is 0 Å². The van der Waals surface area contributed by atoms with Crippen molar-refractivity contribution >= 4 is 46.4 Å². The largest absolute Gasteiger partial charge is 0.494 e. The van der Waals surface area contributed by atoms with Crippen LogP contribution in [0.25, 0.3) is 10.8 Å². The van der Waals surface area contributed by atoms with E-state index >= 15 is 0 Å². The summed E-state index contributed by atoms with van der Waals surface area (Å²) in [5.41, 5.74) is 3.50. The number of fused-ring (bicyclic) bond motifs is 1. The van der Waals surface area contributed by atoms with E-state index < -0.39 is 17.8 Å². The van der Waals surface area contributed by atoms with Crippen molar-refractivity contribution in [3.05, 3.63) is 107 Å². The molecule has 4 aromatic rings. The van der Waals surface area contributed by atoms with Gasteiger partial charge in [0.05, 0.1) is 35.5 Å². The molecule has 0 saturated heterocycles. The molecule has 192 valence electrons. The Balaban J connectivity index is 1.46. The Morgan fingerprint density at radius 1 is 0.921 bits per heavy atom. The zero-order valence-electron chi connectivity index (χ0n) is 20.4. The van der Waals surface area contributed by atoms with E-state index in [4.69, 9.17) is 21.1 Å². The van der Waals surface area contributed by atoms with Crippen LogP contribution in [0, 0.1) is 0 Å². The Kier molecular flexibility index (Phi) is 8.69. The van der Waals surface area contributed by atoms with Crippen LogP contribution in [0.3, 0.4) is 0 Å². The van der Waals surface area contributed by atoms with Gasteiger partial charge in [-0.2, -0.15) is 5.10 Å². The van der Waals surface area contributed by atoms with E-state index in [1.54, 1.807) is 54.6 Å². The number of benzene rings is 4. The topological polar surface area (TPSA) is 106 Å². The highest BCUT2D eigenvalue weighted by molar-refractivity contribution is 6.33. The van der Waals surface area contributed by atoms with Crippen molar-refractivity contribution in [3.8, 4) is 11.5 Å². The summed E-state index contributed by atoms with van der Waals surface area (Å²) in [5, 5.41) is 8.47.